The SMILES string of the molecule is C=CC(=O)N1[C@H](C)CN(c2nc(=O)n3c4c(c(-c5cc(Cl)c(F)cc5F)c(Cl)cc24)SCC(OCCN)C3)C[C@@H]1C. The molecule has 2 N–H and O–H groups in total. The number of carbonyl (C=O) groups excluding carboxylic acids is 1. The van der Waals surface area contributed by atoms with Crippen LogP contribution in [0.25, 0.3) is 22.0 Å². The van der Waals surface area contributed by atoms with Gasteiger partial charge in [0.25, 0.3) is 0 Å². The molecule has 2 aliphatic rings. The van der Waals surface area contributed by atoms with Gasteiger partial charge >= 0.3 is 5.69 Å². The molecule has 8 nitrogen and oxygen atoms in total. The lowest BCUT2D eigenvalue weighted by atomic mass is 10.0. The van der Waals surface area contributed by atoms with Gasteiger partial charge in [0, 0.05) is 64.9 Å². The minimum absolute atomic E-state index is 0.0169. The Kier molecular flexibility index (Phi) is 8.63. The number of aromatic nitrogens is 2. The summed E-state index contributed by atoms with van der Waals surface area (Å²) in [5.74, 6) is -1.05. The van der Waals surface area contributed by atoms with Gasteiger partial charge in [0.1, 0.15) is 17.5 Å². The first-order chi connectivity index (χ1) is 19.5. The second-order valence-corrected chi connectivity index (χ2v) is 12.0. The molecular weight excluding hydrogens is 595 g/mol. The van der Waals surface area contributed by atoms with Crippen molar-refractivity contribution >= 4 is 57.6 Å². The van der Waals surface area contributed by atoms with Crippen molar-refractivity contribution in [2.45, 2.75) is 43.5 Å². The third-order valence-corrected chi connectivity index (χ3v) is 9.16. The molecule has 5 rings (SSSR count). The number of rotatable bonds is 6. The van der Waals surface area contributed by atoms with Crippen molar-refractivity contribution in [2.24, 2.45) is 5.73 Å². The molecule has 1 amide bonds. The van der Waals surface area contributed by atoms with Crippen LogP contribution in [0.4, 0.5) is 14.6 Å². The number of ether oxygens (including phenoxy) is 1. The zero-order valence-electron chi connectivity index (χ0n) is 22.5. The van der Waals surface area contributed by atoms with E-state index in [0.717, 1.165) is 6.07 Å². The van der Waals surface area contributed by atoms with E-state index in [1.165, 1.54) is 28.5 Å². The summed E-state index contributed by atoms with van der Waals surface area (Å²) >= 11 is 14.3. The van der Waals surface area contributed by atoms with Crippen molar-refractivity contribution in [3.63, 3.8) is 0 Å². The maximum Gasteiger partial charge on any atom is 0.350 e. The number of hydrogen-bond acceptors (Lipinski definition) is 7. The van der Waals surface area contributed by atoms with E-state index in [-0.39, 0.29) is 46.2 Å². The van der Waals surface area contributed by atoms with Gasteiger partial charge in [0.15, 0.2) is 0 Å². The Morgan fingerprint density at radius 3 is 2.54 bits per heavy atom. The second-order valence-electron chi connectivity index (χ2n) is 10.2. The second kappa shape index (κ2) is 11.9. The van der Waals surface area contributed by atoms with E-state index in [1.807, 2.05) is 18.7 Å². The molecule has 0 saturated carbocycles. The number of benzene rings is 2. The van der Waals surface area contributed by atoms with Crippen molar-refractivity contribution in [3.05, 3.63) is 63.0 Å². The van der Waals surface area contributed by atoms with Gasteiger partial charge in [-0.2, -0.15) is 4.98 Å². The van der Waals surface area contributed by atoms with Crippen LogP contribution in [0.3, 0.4) is 0 Å². The summed E-state index contributed by atoms with van der Waals surface area (Å²) in [7, 11) is 0. The van der Waals surface area contributed by atoms with Crippen LogP contribution in [-0.2, 0) is 16.1 Å². The maximum absolute atomic E-state index is 15.2. The van der Waals surface area contributed by atoms with Gasteiger partial charge in [-0.05, 0) is 32.1 Å². The lowest BCUT2D eigenvalue weighted by Gasteiger charge is -2.44. The van der Waals surface area contributed by atoms with Crippen LogP contribution in [-0.4, -0.2) is 70.5 Å². The highest BCUT2D eigenvalue weighted by atomic mass is 35.5. The van der Waals surface area contributed by atoms with Crippen molar-refractivity contribution in [1.82, 2.24) is 14.5 Å². The van der Waals surface area contributed by atoms with Crippen LogP contribution < -0.4 is 16.3 Å². The monoisotopic (exact) mass is 623 g/mol. The number of anilines is 1. The molecule has 2 aromatic carbocycles. The number of nitrogens with two attached hydrogens (primary N) is 1. The first-order valence-electron chi connectivity index (χ1n) is 13.1. The molecule has 13 heteroatoms. The normalized spacial score (nSPS) is 20.8. The van der Waals surface area contributed by atoms with Crippen LogP contribution in [0.15, 0.2) is 40.5 Å². The largest absolute Gasteiger partial charge is 0.374 e. The zero-order chi connectivity index (χ0) is 29.6. The molecule has 0 radical (unpaired) electrons. The van der Waals surface area contributed by atoms with E-state index in [9.17, 15) is 14.0 Å². The van der Waals surface area contributed by atoms with Crippen LogP contribution in [0.5, 0.6) is 0 Å². The number of hydrogen-bond donors (Lipinski definition) is 1. The Labute approximate surface area is 250 Å². The van der Waals surface area contributed by atoms with Gasteiger partial charge in [-0.1, -0.05) is 29.8 Å². The minimum Gasteiger partial charge on any atom is -0.374 e. The molecule has 1 aromatic heterocycles. The molecule has 3 atom stereocenters. The van der Waals surface area contributed by atoms with Gasteiger partial charge in [0.2, 0.25) is 5.91 Å². The van der Waals surface area contributed by atoms with Gasteiger partial charge in [-0.25, -0.2) is 13.6 Å². The molecule has 3 heterocycles. The summed E-state index contributed by atoms with van der Waals surface area (Å²) in [6, 6.07) is 3.20. The van der Waals surface area contributed by atoms with E-state index in [2.05, 4.69) is 11.6 Å². The Morgan fingerprint density at radius 2 is 1.88 bits per heavy atom. The van der Waals surface area contributed by atoms with Gasteiger partial charge < -0.3 is 20.3 Å². The van der Waals surface area contributed by atoms with E-state index in [0.29, 0.717) is 59.2 Å². The Morgan fingerprint density at radius 1 is 1.17 bits per heavy atom. The molecule has 1 saturated heterocycles. The fourth-order valence-corrected chi connectivity index (χ4v) is 7.48. The number of amides is 1. The lowest BCUT2D eigenvalue weighted by molar-refractivity contribution is -0.130. The van der Waals surface area contributed by atoms with Crippen LogP contribution in [0.1, 0.15) is 13.8 Å². The molecule has 218 valence electrons. The number of halogens is 4. The smallest absolute Gasteiger partial charge is 0.350 e. The van der Waals surface area contributed by atoms with Crippen molar-refractivity contribution < 1.29 is 18.3 Å². The van der Waals surface area contributed by atoms with Crippen LogP contribution in [0, 0.1) is 11.6 Å². The number of piperazine rings is 1. The Balaban J connectivity index is 1.74. The fourth-order valence-electron chi connectivity index (χ4n) is 5.68. The van der Waals surface area contributed by atoms with Gasteiger partial charge in [-0.3, -0.25) is 9.36 Å². The molecule has 3 aromatic rings. The Bertz CT molecular complexity index is 1590. The zero-order valence-corrected chi connectivity index (χ0v) is 24.8. The average molecular weight is 625 g/mol. The van der Waals surface area contributed by atoms with Crippen molar-refractivity contribution in [2.75, 3.05) is 36.9 Å². The summed E-state index contributed by atoms with van der Waals surface area (Å²) in [5, 5.41) is 0.532. The highest BCUT2D eigenvalue weighted by Crippen LogP contribution is 2.47. The van der Waals surface area contributed by atoms with E-state index in [1.54, 1.807) is 11.0 Å². The van der Waals surface area contributed by atoms with Crippen molar-refractivity contribution in [1.29, 1.82) is 0 Å². The number of thioether (sulfide) groups is 1. The van der Waals surface area contributed by atoms with Crippen molar-refractivity contribution in [3.8, 4) is 11.1 Å². The van der Waals surface area contributed by atoms with Crippen LogP contribution >= 0.6 is 35.0 Å². The van der Waals surface area contributed by atoms with Crippen LogP contribution in [0.2, 0.25) is 10.0 Å². The standard InChI is InChI=1S/C28H29Cl2F2N5O3S/c1-4-23(38)37-14(2)10-35(11-15(37)3)27-18-8-20(30)24(17-7-19(29)22(32)9-21(17)31)26-25(18)36(28(39)34-27)12-16(13-41-26)40-6-5-33/h4,7-9,14-16H,1,5-6,10-13,33H2,2-3H3/t14-,15+,16?. The maximum atomic E-state index is 15.2. The molecule has 1 unspecified atom stereocenters. The Hall–Kier alpha value is -2.70. The summed E-state index contributed by atoms with van der Waals surface area (Å²) in [6.07, 6.45) is 0.910. The van der Waals surface area contributed by atoms with E-state index >= 15 is 4.39 Å². The van der Waals surface area contributed by atoms with Gasteiger partial charge in [0.05, 0.1) is 34.8 Å². The molecule has 0 spiro atoms. The predicted molar refractivity (Wildman–Crippen MR) is 159 cm³/mol. The first kappa shape index (κ1) is 29.8. The molecule has 41 heavy (non-hydrogen) atoms. The fraction of sp³-hybridized carbons (Fsp3) is 0.393. The first-order valence-corrected chi connectivity index (χ1v) is 14.9. The molecule has 2 aliphatic heterocycles. The number of carbonyl (C=O) groups is 1. The molecule has 0 aliphatic carbocycles. The van der Waals surface area contributed by atoms with Gasteiger partial charge in [-0.15, -0.1) is 11.8 Å². The highest BCUT2D eigenvalue weighted by Gasteiger charge is 2.35. The predicted octanol–water partition coefficient (Wildman–Crippen LogP) is 4.71. The number of nitrogens with zero attached hydrogens (tertiary/aromatic N) is 4. The molecule has 1 fully saturated rings. The summed E-state index contributed by atoms with van der Waals surface area (Å²) < 4.78 is 36.7. The third-order valence-electron chi connectivity index (χ3n) is 7.35. The van der Waals surface area contributed by atoms with E-state index < -0.39 is 17.3 Å². The highest BCUT2D eigenvalue weighted by molar-refractivity contribution is 7.99. The quantitative estimate of drug-likeness (QED) is 0.314. The molecule has 0 bridgehead atoms. The third kappa shape index (κ3) is 5.46. The topological polar surface area (TPSA) is 93.7 Å². The lowest BCUT2D eigenvalue weighted by Crippen LogP contribution is -2.58. The molecular formula is C28H29Cl2F2N5O3S. The summed E-state index contributed by atoms with van der Waals surface area (Å²) in [6.45, 7) is 9.10. The minimum atomic E-state index is -0.890. The average Bonchev–Trinajstić information content (AvgIpc) is 3.12. The van der Waals surface area contributed by atoms with E-state index in [4.69, 9.17) is 33.7 Å². The summed E-state index contributed by atoms with van der Waals surface area (Å²) in [4.78, 5) is 34.9. The summed E-state index contributed by atoms with van der Waals surface area (Å²) in [5.41, 5.74) is 5.98.